The Labute approximate surface area is 133 Å². The Morgan fingerprint density at radius 1 is 1.17 bits per heavy atom. The van der Waals surface area contributed by atoms with E-state index in [1.807, 2.05) is 31.2 Å². The average Bonchev–Trinajstić information content (AvgIpc) is 2.54. The minimum atomic E-state index is -0.720. The molecule has 2 aromatic rings. The SMILES string of the molecule is COC(=O)c1cc(F)ccc1NC(=O)/C=C/c1cccc(C)c1. The number of amides is 1. The molecule has 1 N–H and O–H groups in total. The highest BCUT2D eigenvalue weighted by Gasteiger charge is 2.14. The summed E-state index contributed by atoms with van der Waals surface area (Å²) in [4.78, 5) is 23.6. The summed E-state index contributed by atoms with van der Waals surface area (Å²) >= 11 is 0. The zero-order valence-electron chi connectivity index (χ0n) is 12.8. The highest BCUT2D eigenvalue weighted by Crippen LogP contribution is 2.18. The van der Waals surface area contributed by atoms with Gasteiger partial charge in [0, 0.05) is 6.08 Å². The lowest BCUT2D eigenvalue weighted by Crippen LogP contribution is -2.13. The molecule has 0 spiro atoms. The van der Waals surface area contributed by atoms with E-state index in [4.69, 9.17) is 0 Å². The van der Waals surface area contributed by atoms with Crippen molar-refractivity contribution in [3.63, 3.8) is 0 Å². The molecular weight excluding hydrogens is 297 g/mol. The number of hydrogen-bond donors (Lipinski definition) is 1. The Morgan fingerprint density at radius 2 is 1.96 bits per heavy atom. The average molecular weight is 313 g/mol. The molecule has 23 heavy (non-hydrogen) atoms. The summed E-state index contributed by atoms with van der Waals surface area (Å²) in [5.74, 6) is -1.73. The van der Waals surface area contributed by atoms with Crippen molar-refractivity contribution < 1.29 is 18.7 Å². The quantitative estimate of drug-likeness (QED) is 0.693. The first-order valence-corrected chi connectivity index (χ1v) is 6.93. The van der Waals surface area contributed by atoms with Crippen molar-refractivity contribution in [2.75, 3.05) is 12.4 Å². The number of methoxy groups -OCH3 is 1. The third-order valence-electron chi connectivity index (χ3n) is 3.11. The first-order valence-electron chi connectivity index (χ1n) is 6.93. The number of benzene rings is 2. The van der Waals surface area contributed by atoms with Crippen LogP contribution in [0.25, 0.3) is 6.08 Å². The third kappa shape index (κ3) is 4.51. The molecule has 0 aliphatic carbocycles. The molecule has 0 bridgehead atoms. The Hall–Kier alpha value is -2.95. The van der Waals surface area contributed by atoms with Gasteiger partial charge in [0.05, 0.1) is 18.4 Å². The van der Waals surface area contributed by atoms with Gasteiger partial charge in [-0.1, -0.05) is 29.8 Å². The largest absolute Gasteiger partial charge is 0.465 e. The predicted octanol–water partition coefficient (Wildman–Crippen LogP) is 3.57. The zero-order valence-corrected chi connectivity index (χ0v) is 12.8. The van der Waals surface area contributed by atoms with Crippen LogP contribution in [-0.4, -0.2) is 19.0 Å². The van der Waals surface area contributed by atoms with Crippen LogP contribution < -0.4 is 5.32 Å². The van der Waals surface area contributed by atoms with E-state index in [-0.39, 0.29) is 11.3 Å². The maximum atomic E-state index is 13.3. The van der Waals surface area contributed by atoms with E-state index in [0.29, 0.717) is 0 Å². The van der Waals surface area contributed by atoms with Gasteiger partial charge in [-0.3, -0.25) is 4.79 Å². The molecule has 0 fully saturated rings. The Morgan fingerprint density at radius 3 is 2.65 bits per heavy atom. The van der Waals surface area contributed by atoms with Gasteiger partial charge in [0.25, 0.3) is 0 Å². The van der Waals surface area contributed by atoms with Crippen LogP contribution in [0, 0.1) is 12.7 Å². The van der Waals surface area contributed by atoms with Crippen LogP contribution in [0.2, 0.25) is 0 Å². The van der Waals surface area contributed by atoms with Gasteiger partial charge in [0.2, 0.25) is 5.91 Å². The zero-order chi connectivity index (χ0) is 16.8. The third-order valence-corrected chi connectivity index (χ3v) is 3.11. The van der Waals surface area contributed by atoms with Crippen molar-refractivity contribution in [2.24, 2.45) is 0 Å². The molecule has 5 heteroatoms. The lowest BCUT2D eigenvalue weighted by atomic mass is 10.1. The normalized spacial score (nSPS) is 10.6. The maximum Gasteiger partial charge on any atom is 0.340 e. The number of nitrogens with one attached hydrogen (secondary N) is 1. The van der Waals surface area contributed by atoms with Gasteiger partial charge in [0.15, 0.2) is 0 Å². The molecule has 0 saturated heterocycles. The molecule has 0 aliphatic rings. The number of ether oxygens (including phenoxy) is 1. The van der Waals surface area contributed by atoms with Gasteiger partial charge in [-0.05, 0) is 36.8 Å². The number of hydrogen-bond acceptors (Lipinski definition) is 3. The second kappa shape index (κ2) is 7.35. The van der Waals surface area contributed by atoms with Gasteiger partial charge in [-0.15, -0.1) is 0 Å². The molecule has 2 rings (SSSR count). The molecule has 2 aromatic carbocycles. The minimum absolute atomic E-state index is 0.0372. The molecule has 0 radical (unpaired) electrons. The van der Waals surface area contributed by atoms with Gasteiger partial charge in [-0.2, -0.15) is 0 Å². The molecular formula is C18H16FNO3. The predicted molar refractivity (Wildman–Crippen MR) is 86.6 cm³/mol. The highest BCUT2D eigenvalue weighted by atomic mass is 19.1. The van der Waals surface area contributed by atoms with Gasteiger partial charge in [-0.25, -0.2) is 9.18 Å². The number of carbonyl (C=O) groups is 2. The summed E-state index contributed by atoms with van der Waals surface area (Å²) in [6.45, 7) is 1.96. The molecule has 0 heterocycles. The smallest absolute Gasteiger partial charge is 0.340 e. The Balaban J connectivity index is 2.16. The van der Waals surface area contributed by atoms with E-state index >= 15 is 0 Å². The second-order valence-corrected chi connectivity index (χ2v) is 4.92. The lowest BCUT2D eigenvalue weighted by molar-refractivity contribution is -0.111. The molecule has 0 aliphatic heterocycles. The fourth-order valence-electron chi connectivity index (χ4n) is 2.02. The number of halogens is 1. The summed E-state index contributed by atoms with van der Waals surface area (Å²) in [7, 11) is 1.19. The first kappa shape index (κ1) is 16.4. The van der Waals surface area contributed by atoms with Crippen molar-refractivity contribution in [1.82, 2.24) is 0 Å². The standard InChI is InChI=1S/C18H16FNO3/c1-12-4-3-5-13(10-12)6-9-17(21)20-16-8-7-14(19)11-15(16)18(22)23-2/h3-11H,1-2H3,(H,20,21)/b9-6+. The van der Waals surface area contributed by atoms with Crippen LogP contribution in [0.15, 0.2) is 48.5 Å². The summed E-state index contributed by atoms with van der Waals surface area (Å²) in [6, 6.07) is 11.1. The van der Waals surface area contributed by atoms with E-state index in [1.165, 1.54) is 19.3 Å². The second-order valence-electron chi connectivity index (χ2n) is 4.92. The van der Waals surface area contributed by atoms with Gasteiger partial charge in [0.1, 0.15) is 5.82 Å². The van der Waals surface area contributed by atoms with Crippen LogP contribution in [0.3, 0.4) is 0 Å². The van der Waals surface area contributed by atoms with Crippen molar-refractivity contribution >= 4 is 23.6 Å². The topological polar surface area (TPSA) is 55.4 Å². The summed E-state index contributed by atoms with van der Waals surface area (Å²) < 4.78 is 17.8. The molecule has 0 unspecified atom stereocenters. The van der Waals surface area contributed by atoms with E-state index in [0.717, 1.165) is 23.3 Å². The highest BCUT2D eigenvalue weighted by molar-refractivity contribution is 6.06. The van der Waals surface area contributed by atoms with E-state index in [9.17, 15) is 14.0 Å². The van der Waals surface area contributed by atoms with Crippen LogP contribution in [0.4, 0.5) is 10.1 Å². The molecule has 0 saturated carbocycles. The monoisotopic (exact) mass is 313 g/mol. The summed E-state index contributed by atoms with van der Waals surface area (Å²) in [5, 5.41) is 2.54. The van der Waals surface area contributed by atoms with E-state index < -0.39 is 17.7 Å². The number of carbonyl (C=O) groups excluding carboxylic acids is 2. The number of anilines is 1. The van der Waals surface area contributed by atoms with Crippen LogP contribution in [0.5, 0.6) is 0 Å². The Kier molecular flexibility index (Phi) is 5.25. The minimum Gasteiger partial charge on any atom is -0.465 e. The van der Waals surface area contributed by atoms with Crippen LogP contribution in [0.1, 0.15) is 21.5 Å². The summed E-state index contributed by atoms with van der Waals surface area (Å²) in [5.41, 5.74) is 2.12. The van der Waals surface area contributed by atoms with Crippen molar-refractivity contribution in [1.29, 1.82) is 0 Å². The Bertz CT molecular complexity index is 769. The molecule has 118 valence electrons. The van der Waals surface area contributed by atoms with Crippen molar-refractivity contribution in [2.45, 2.75) is 6.92 Å². The fourth-order valence-corrected chi connectivity index (χ4v) is 2.02. The molecule has 0 atom stereocenters. The van der Waals surface area contributed by atoms with Crippen molar-refractivity contribution in [3.05, 3.63) is 71.0 Å². The molecule has 4 nitrogen and oxygen atoms in total. The summed E-state index contributed by atoms with van der Waals surface area (Å²) in [6.07, 6.45) is 3.00. The van der Waals surface area contributed by atoms with E-state index in [2.05, 4.69) is 10.1 Å². The first-order chi connectivity index (χ1) is 11.0. The lowest BCUT2D eigenvalue weighted by Gasteiger charge is -2.08. The fraction of sp³-hybridized carbons (Fsp3) is 0.111. The molecule has 1 amide bonds. The van der Waals surface area contributed by atoms with Gasteiger partial charge >= 0.3 is 5.97 Å². The van der Waals surface area contributed by atoms with Crippen molar-refractivity contribution in [3.8, 4) is 0 Å². The van der Waals surface area contributed by atoms with Gasteiger partial charge < -0.3 is 10.1 Å². The number of aryl methyl sites for hydroxylation is 1. The number of esters is 1. The molecule has 0 aromatic heterocycles. The van der Waals surface area contributed by atoms with E-state index in [1.54, 1.807) is 6.08 Å². The maximum absolute atomic E-state index is 13.3. The van der Waals surface area contributed by atoms with Crippen LogP contribution >= 0.6 is 0 Å². The van der Waals surface area contributed by atoms with Crippen LogP contribution in [-0.2, 0) is 9.53 Å². The number of rotatable bonds is 4.